The van der Waals surface area contributed by atoms with E-state index in [1.165, 1.54) is 5.56 Å². The molecule has 94 valence electrons. The third-order valence-corrected chi connectivity index (χ3v) is 4.25. The molecule has 3 rings (SSSR count). The van der Waals surface area contributed by atoms with Gasteiger partial charge in [-0.15, -0.1) is 0 Å². The van der Waals surface area contributed by atoms with Crippen molar-refractivity contribution in [3.63, 3.8) is 0 Å². The normalized spacial score (nSPS) is 31.8. The van der Waals surface area contributed by atoms with Crippen LogP contribution in [0.5, 0.6) is 0 Å². The fraction of sp³-hybridized carbons (Fsp3) is 0.533. The van der Waals surface area contributed by atoms with Crippen LogP contribution in [0.15, 0.2) is 30.3 Å². The molecule has 3 nitrogen and oxygen atoms in total. The predicted octanol–water partition coefficient (Wildman–Crippen LogP) is 2.05. The van der Waals surface area contributed by atoms with E-state index in [9.17, 15) is 5.26 Å². The lowest BCUT2D eigenvalue weighted by atomic mass is 9.76. The Kier molecular flexibility index (Phi) is 3.07. The van der Waals surface area contributed by atoms with Gasteiger partial charge < -0.3 is 4.74 Å². The molecule has 18 heavy (non-hydrogen) atoms. The van der Waals surface area contributed by atoms with Gasteiger partial charge in [0.15, 0.2) is 0 Å². The molecule has 0 N–H and O–H groups in total. The van der Waals surface area contributed by atoms with Gasteiger partial charge in [0, 0.05) is 32.2 Å². The zero-order valence-electron chi connectivity index (χ0n) is 10.5. The molecular weight excluding hydrogens is 224 g/mol. The maximum atomic E-state index is 9.50. The van der Waals surface area contributed by atoms with Crippen LogP contribution < -0.4 is 0 Å². The Morgan fingerprint density at radius 1 is 1.39 bits per heavy atom. The number of nitrogens with zero attached hydrogens (tertiary/aromatic N) is 2. The van der Waals surface area contributed by atoms with Crippen molar-refractivity contribution in [2.45, 2.75) is 13.0 Å². The third kappa shape index (κ3) is 2.03. The fourth-order valence-electron chi connectivity index (χ4n) is 3.20. The van der Waals surface area contributed by atoms with Crippen LogP contribution in [0, 0.1) is 22.7 Å². The Labute approximate surface area is 108 Å². The monoisotopic (exact) mass is 242 g/mol. The van der Waals surface area contributed by atoms with Crippen molar-refractivity contribution in [3.8, 4) is 6.07 Å². The summed E-state index contributed by atoms with van der Waals surface area (Å²) in [4.78, 5) is 2.40. The molecule has 2 atom stereocenters. The molecule has 0 unspecified atom stereocenters. The number of benzene rings is 1. The molecule has 3 heteroatoms. The molecule has 1 aromatic rings. The Hall–Kier alpha value is -1.37. The van der Waals surface area contributed by atoms with E-state index < -0.39 is 0 Å². The first-order valence-electron chi connectivity index (χ1n) is 6.58. The number of hydrogen-bond donors (Lipinski definition) is 0. The van der Waals surface area contributed by atoms with E-state index in [1.807, 2.05) is 6.07 Å². The smallest absolute Gasteiger partial charge is 0.0784 e. The lowest BCUT2D eigenvalue weighted by Gasteiger charge is -2.31. The van der Waals surface area contributed by atoms with Gasteiger partial charge in [0.05, 0.1) is 18.1 Å². The number of ether oxygens (including phenoxy) is 1. The van der Waals surface area contributed by atoms with Gasteiger partial charge in [-0.05, 0) is 12.0 Å². The zero-order valence-corrected chi connectivity index (χ0v) is 10.5. The van der Waals surface area contributed by atoms with Crippen LogP contribution >= 0.6 is 0 Å². The topological polar surface area (TPSA) is 36.3 Å². The van der Waals surface area contributed by atoms with E-state index in [1.54, 1.807) is 0 Å². The Bertz CT molecular complexity index is 453. The SMILES string of the molecule is N#C[C@@]12CCOC[C@@H]1CN(Cc1ccccc1)C2. The Balaban J connectivity index is 1.72. The first kappa shape index (κ1) is 11.7. The maximum absolute atomic E-state index is 9.50. The quantitative estimate of drug-likeness (QED) is 0.796. The number of likely N-dealkylation sites (tertiary alicyclic amines) is 1. The second-order valence-electron chi connectivity index (χ2n) is 5.45. The molecule has 2 aliphatic rings. The molecule has 0 aliphatic carbocycles. The van der Waals surface area contributed by atoms with E-state index in [-0.39, 0.29) is 5.41 Å². The van der Waals surface area contributed by atoms with Crippen molar-refractivity contribution in [1.29, 1.82) is 5.26 Å². The molecule has 0 radical (unpaired) electrons. The number of rotatable bonds is 2. The van der Waals surface area contributed by atoms with Crippen LogP contribution in [0.4, 0.5) is 0 Å². The van der Waals surface area contributed by atoms with Crippen LogP contribution in [0.1, 0.15) is 12.0 Å². The second kappa shape index (κ2) is 4.72. The van der Waals surface area contributed by atoms with Gasteiger partial charge in [0.25, 0.3) is 0 Å². The van der Waals surface area contributed by atoms with Gasteiger partial charge in [0.1, 0.15) is 0 Å². The molecule has 1 aromatic carbocycles. The van der Waals surface area contributed by atoms with Gasteiger partial charge in [-0.2, -0.15) is 5.26 Å². The van der Waals surface area contributed by atoms with Crippen molar-refractivity contribution in [1.82, 2.24) is 4.90 Å². The summed E-state index contributed by atoms with van der Waals surface area (Å²) in [7, 11) is 0. The average Bonchev–Trinajstić information content (AvgIpc) is 2.78. The first-order valence-corrected chi connectivity index (χ1v) is 6.58. The largest absolute Gasteiger partial charge is 0.381 e. The van der Waals surface area contributed by atoms with Crippen molar-refractivity contribution in [3.05, 3.63) is 35.9 Å². The summed E-state index contributed by atoms with van der Waals surface area (Å²) in [6, 6.07) is 13.1. The predicted molar refractivity (Wildman–Crippen MR) is 68.7 cm³/mol. The molecule has 0 bridgehead atoms. The molecule has 0 spiro atoms. The van der Waals surface area contributed by atoms with E-state index in [0.29, 0.717) is 5.92 Å². The van der Waals surface area contributed by atoms with Gasteiger partial charge >= 0.3 is 0 Å². The lowest BCUT2D eigenvalue weighted by molar-refractivity contribution is 0.0108. The lowest BCUT2D eigenvalue weighted by Crippen LogP contribution is -2.37. The molecule has 0 saturated carbocycles. The standard InChI is InChI=1S/C15H18N2O/c16-11-15-6-7-18-10-14(15)9-17(12-15)8-13-4-2-1-3-5-13/h1-5,14H,6-10,12H2/t14-,15+/m0/s1. The minimum absolute atomic E-state index is 0.160. The Morgan fingerprint density at radius 3 is 2.94 bits per heavy atom. The zero-order chi connectivity index (χ0) is 12.4. The third-order valence-electron chi connectivity index (χ3n) is 4.25. The molecule has 2 fully saturated rings. The number of fused-ring (bicyclic) bond motifs is 1. The number of hydrogen-bond acceptors (Lipinski definition) is 3. The summed E-state index contributed by atoms with van der Waals surface area (Å²) in [5.41, 5.74) is 1.16. The second-order valence-corrected chi connectivity index (χ2v) is 5.45. The Morgan fingerprint density at radius 2 is 2.22 bits per heavy atom. The minimum atomic E-state index is -0.160. The van der Waals surface area contributed by atoms with Crippen LogP contribution in [0.3, 0.4) is 0 Å². The molecule has 2 heterocycles. The minimum Gasteiger partial charge on any atom is -0.381 e. The maximum Gasteiger partial charge on any atom is 0.0784 e. The molecule has 0 aromatic heterocycles. The number of nitriles is 1. The molecule has 2 saturated heterocycles. The van der Waals surface area contributed by atoms with Crippen molar-refractivity contribution in [2.24, 2.45) is 11.3 Å². The summed E-state index contributed by atoms with van der Waals surface area (Å²) in [5.74, 6) is 0.389. The summed E-state index contributed by atoms with van der Waals surface area (Å²) < 4.78 is 5.53. The molecule has 0 amide bonds. The van der Waals surface area contributed by atoms with E-state index >= 15 is 0 Å². The summed E-state index contributed by atoms with van der Waals surface area (Å²) in [5, 5.41) is 9.50. The van der Waals surface area contributed by atoms with Crippen molar-refractivity contribution < 1.29 is 4.74 Å². The summed E-state index contributed by atoms with van der Waals surface area (Å²) in [6.07, 6.45) is 0.888. The average molecular weight is 242 g/mol. The van der Waals surface area contributed by atoms with Crippen LogP contribution in [-0.4, -0.2) is 31.2 Å². The fourth-order valence-corrected chi connectivity index (χ4v) is 3.20. The van der Waals surface area contributed by atoms with Crippen LogP contribution in [0.25, 0.3) is 0 Å². The van der Waals surface area contributed by atoms with E-state index in [0.717, 1.165) is 39.3 Å². The summed E-state index contributed by atoms with van der Waals surface area (Å²) >= 11 is 0. The highest BCUT2D eigenvalue weighted by Crippen LogP contribution is 2.41. The van der Waals surface area contributed by atoms with Gasteiger partial charge in [-0.1, -0.05) is 30.3 Å². The van der Waals surface area contributed by atoms with Crippen molar-refractivity contribution in [2.75, 3.05) is 26.3 Å². The molecular formula is C15H18N2O. The first-order chi connectivity index (χ1) is 8.82. The van der Waals surface area contributed by atoms with Crippen LogP contribution in [0.2, 0.25) is 0 Å². The van der Waals surface area contributed by atoms with Crippen LogP contribution in [-0.2, 0) is 11.3 Å². The van der Waals surface area contributed by atoms with Gasteiger partial charge in [-0.25, -0.2) is 0 Å². The highest BCUT2D eigenvalue weighted by atomic mass is 16.5. The highest BCUT2D eigenvalue weighted by molar-refractivity contribution is 5.17. The highest BCUT2D eigenvalue weighted by Gasteiger charge is 2.48. The van der Waals surface area contributed by atoms with Crippen molar-refractivity contribution >= 4 is 0 Å². The van der Waals surface area contributed by atoms with E-state index in [2.05, 4.69) is 35.2 Å². The van der Waals surface area contributed by atoms with Gasteiger partial charge in [-0.3, -0.25) is 4.90 Å². The van der Waals surface area contributed by atoms with Gasteiger partial charge in [0.2, 0.25) is 0 Å². The summed E-state index contributed by atoms with van der Waals surface area (Å²) in [6.45, 7) is 4.32. The van der Waals surface area contributed by atoms with E-state index in [4.69, 9.17) is 4.74 Å². The molecule has 2 aliphatic heterocycles.